The maximum absolute atomic E-state index is 2.27. The monoisotopic (exact) mass is 262 g/mol. The molecule has 0 atom stereocenters. The van der Waals surface area contributed by atoms with Crippen LogP contribution in [0.15, 0.2) is 35.7 Å². The number of unbranched alkanes of at least 4 members (excludes halogenated alkanes) is 2. The largest absolute Gasteiger partial charge is 0.245 e. The summed E-state index contributed by atoms with van der Waals surface area (Å²) in [7, 11) is 4.20. The average Bonchev–Trinajstić information content (AvgIpc) is 2.35. The first-order chi connectivity index (χ1) is 8.65. The molecule has 0 fully saturated rings. The molecular weight excluding hydrogens is 238 g/mol. The number of hydrogen-bond donors (Lipinski definition) is 0. The highest BCUT2D eigenvalue weighted by molar-refractivity contribution is 8.16. The maximum atomic E-state index is 2.27. The van der Waals surface area contributed by atoms with Crippen LogP contribution in [-0.2, 0) is 0 Å². The summed E-state index contributed by atoms with van der Waals surface area (Å²) in [5, 5.41) is 3.51. The van der Waals surface area contributed by atoms with E-state index in [2.05, 4.69) is 68.3 Å². The molecule has 0 radical (unpaired) electrons. The van der Waals surface area contributed by atoms with Crippen LogP contribution in [0.2, 0.25) is 0 Å². The normalized spacial score (nSPS) is 10.9. The second-order valence-corrected chi connectivity index (χ2v) is 5.59. The molecule has 0 saturated carbocycles. The van der Waals surface area contributed by atoms with Crippen molar-refractivity contribution in [3.8, 4) is 0 Å². The number of benzene rings is 1. The van der Waals surface area contributed by atoms with E-state index in [1.807, 2.05) is 0 Å². The summed E-state index contributed by atoms with van der Waals surface area (Å²) >= 11 is 1.80. The fourth-order valence-corrected chi connectivity index (χ4v) is 2.47. The Bertz CT molecular complexity index is 411. The maximum Gasteiger partial charge on any atom is 0.245 e. The highest BCUT2D eigenvalue weighted by atomic mass is 32.2. The minimum Gasteiger partial charge on any atom is -0.229 e. The summed E-state index contributed by atoms with van der Waals surface area (Å²) in [6, 6.07) is 8.72. The van der Waals surface area contributed by atoms with Gasteiger partial charge in [-0.1, -0.05) is 43.5 Å². The van der Waals surface area contributed by atoms with Crippen LogP contribution in [-0.4, -0.2) is 23.7 Å². The molecule has 0 aliphatic heterocycles. The van der Waals surface area contributed by atoms with Gasteiger partial charge in [-0.2, -0.15) is 0 Å². The molecule has 0 aliphatic carbocycles. The lowest BCUT2D eigenvalue weighted by molar-refractivity contribution is -0.460. The fourth-order valence-electron chi connectivity index (χ4n) is 1.63. The van der Waals surface area contributed by atoms with Gasteiger partial charge in [0.2, 0.25) is 5.04 Å². The molecule has 1 nitrogen and oxygen atoms in total. The van der Waals surface area contributed by atoms with Gasteiger partial charge in [0.1, 0.15) is 14.1 Å². The summed E-state index contributed by atoms with van der Waals surface area (Å²) < 4.78 is 2.18. The van der Waals surface area contributed by atoms with E-state index in [4.69, 9.17) is 0 Å². The zero-order valence-corrected chi connectivity index (χ0v) is 12.8. The van der Waals surface area contributed by atoms with E-state index in [0.717, 1.165) is 0 Å². The molecule has 0 spiro atoms. The molecule has 1 aromatic rings. The number of allylic oxidation sites excluding steroid dienone is 1. The topological polar surface area (TPSA) is 3.01 Å². The number of nitrogens with zero attached hydrogens (tertiary/aromatic N) is 1. The first kappa shape index (κ1) is 15.0. The van der Waals surface area contributed by atoms with Crippen molar-refractivity contribution in [2.75, 3.05) is 14.1 Å². The molecular formula is C16H24NS+. The summed E-state index contributed by atoms with van der Waals surface area (Å²) in [4.78, 5) is 0. The van der Waals surface area contributed by atoms with E-state index in [9.17, 15) is 0 Å². The Kier molecular flexibility index (Phi) is 6.81. The molecule has 0 unspecified atom stereocenters. The zero-order valence-electron chi connectivity index (χ0n) is 11.9. The van der Waals surface area contributed by atoms with E-state index < -0.39 is 0 Å². The Hall–Kier alpha value is -1.02. The van der Waals surface area contributed by atoms with Crippen LogP contribution in [0.3, 0.4) is 0 Å². The lowest BCUT2D eigenvalue weighted by atomic mass is 10.2. The van der Waals surface area contributed by atoms with Crippen LogP contribution in [0.5, 0.6) is 0 Å². The Balaban J connectivity index is 2.70. The average molecular weight is 262 g/mol. The van der Waals surface area contributed by atoms with E-state index in [0.29, 0.717) is 0 Å². The van der Waals surface area contributed by atoms with E-state index >= 15 is 0 Å². The summed E-state index contributed by atoms with van der Waals surface area (Å²) in [6.45, 7) is 4.35. The Morgan fingerprint density at radius 2 is 1.89 bits per heavy atom. The molecule has 0 saturated heterocycles. The van der Waals surface area contributed by atoms with E-state index in [-0.39, 0.29) is 0 Å². The van der Waals surface area contributed by atoms with Crippen molar-refractivity contribution in [2.24, 2.45) is 0 Å². The van der Waals surface area contributed by atoms with Crippen molar-refractivity contribution in [3.05, 3.63) is 46.9 Å². The fraction of sp³-hybridized carbons (Fsp3) is 0.438. The lowest BCUT2D eigenvalue weighted by Gasteiger charge is -2.02. The van der Waals surface area contributed by atoms with Crippen molar-refractivity contribution in [1.82, 2.24) is 0 Å². The standard InChI is InChI=1S/C16H24NS/c1-5-6-7-8-13-18-16(17(3)4)15-11-9-14(2)10-12-15/h8-13H,5-7H2,1-4H3/q+1/b13-8-. The van der Waals surface area contributed by atoms with Gasteiger partial charge in [0.05, 0.1) is 5.56 Å². The summed E-state index contributed by atoms with van der Waals surface area (Å²) in [6.07, 6.45) is 5.99. The first-order valence-corrected chi connectivity index (χ1v) is 7.46. The molecule has 0 bridgehead atoms. The van der Waals surface area contributed by atoms with Gasteiger partial charge in [0, 0.05) is 0 Å². The van der Waals surface area contributed by atoms with Gasteiger partial charge in [-0.25, -0.2) is 4.58 Å². The third-order valence-corrected chi connectivity index (χ3v) is 3.86. The smallest absolute Gasteiger partial charge is 0.229 e. The van der Waals surface area contributed by atoms with E-state index in [1.54, 1.807) is 11.8 Å². The van der Waals surface area contributed by atoms with Crippen LogP contribution < -0.4 is 0 Å². The van der Waals surface area contributed by atoms with Crippen LogP contribution in [0.25, 0.3) is 0 Å². The van der Waals surface area contributed by atoms with Gasteiger partial charge in [0.25, 0.3) is 0 Å². The molecule has 0 N–H and O–H groups in total. The molecule has 2 heteroatoms. The summed E-state index contributed by atoms with van der Waals surface area (Å²) in [5.74, 6) is 0. The van der Waals surface area contributed by atoms with Crippen molar-refractivity contribution in [2.45, 2.75) is 33.1 Å². The van der Waals surface area contributed by atoms with Gasteiger partial charge in [-0.15, -0.1) is 0 Å². The minimum absolute atomic E-state index is 1.18. The molecule has 0 aromatic heterocycles. The quantitative estimate of drug-likeness (QED) is 0.328. The SMILES string of the molecule is CCCC/C=C\SC(c1ccc(C)cc1)=[N+](C)C. The second-order valence-electron chi connectivity index (χ2n) is 4.70. The van der Waals surface area contributed by atoms with Crippen LogP contribution >= 0.6 is 11.8 Å². The minimum atomic E-state index is 1.18. The van der Waals surface area contributed by atoms with Crippen molar-refractivity contribution in [3.63, 3.8) is 0 Å². The zero-order chi connectivity index (χ0) is 13.4. The molecule has 1 rings (SSSR count). The molecule has 0 aliphatic rings. The molecule has 0 heterocycles. The predicted octanol–water partition coefficient (Wildman–Crippen LogP) is 4.45. The number of thioether (sulfide) groups is 1. The Morgan fingerprint density at radius 1 is 1.22 bits per heavy atom. The van der Waals surface area contributed by atoms with Gasteiger partial charge in [-0.3, -0.25) is 0 Å². The van der Waals surface area contributed by atoms with Gasteiger partial charge < -0.3 is 0 Å². The van der Waals surface area contributed by atoms with Crippen molar-refractivity contribution in [1.29, 1.82) is 0 Å². The van der Waals surface area contributed by atoms with E-state index in [1.165, 1.54) is 35.4 Å². The number of aryl methyl sites for hydroxylation is 1. The van der Waals surface area contributed by atoms with Crippen molar-refractivity contribution >= 4 is 16.8 Å². The van der Waals surface area contributed by atoms with Gasteiger partial charge in [0.15, 0.2) is 0 Å². The third-order valence-electron chi connectivity index (χ3n) is 2.70. The van der Waals surface area contributed by atoms with Crippen LogP contribution in [0.4, 0.5) is 0 Å². The van der Waals surface area contributed by atoms with Crippen molar-refractivity contribution < 1.29 is 4.58 Å². The predicted molar refractivity (Wildman–Crippen MR) is 83.7 cm³/mol. The number of rotatable bonds is 5. The molecule has 0 amide bonds. The van der Waals surface area contributed by atoms with Gasteiger partial charge >= 0.3 is 0 Å². The molecule has 98 valence electrons. The second kappa shape index (κ2) is 8.15. The Morgan fingerprint density at radius 3 is 2.44 bits per heavy atom. The third kappa shape index (κ3) is 5.09. The van der Waals surface area contributed by atoms with Crippen LogP contribution in [0, 0.1) is 6.92 Å². The Labute approximate surface area is 116 Å². The molecule has 1 aromatic carbocycles. The lowest BCUT2D eigenvalue weighted by Crippen LogP contribution is -2.10. The van der Waals surface area contributed by atoms with Crippen LogP contribution in [0.1, 0.15) is 37.3 Å². The highest BCUT2D eigenvalue weighted by Gasteiger charge is 2.10. The number of hydrogen-bond acceptors (Lipinski definition) is 1. The first-order valence-electron chi connectivity index (χ1n) is 6.58. The summed E-state index contributed by atoms with van der Waals surface area (Å²) in [5.41, 5.74) is 2.59. The molecule has 18 heavy (non-hydrogen) atoms. The van der Waals surface area contributed by atoms with Gasteiger partial charge in [-0.05, 0) is 42.6 Å². The highest BCUT2D eigenvalue weighted by Crippen LogP contribution is 2.15.